The number of rotatable bonds is 6. The van der Waals surface area contributed by atoms with Gasteiger partial charge in [0.1, 0.15) is 5.75 Å². The van der Waals surface area contributed by atoms with Crippen LogP contribution in [0.2, 0.25) is 10.0 Å². The van der Waals surface area contributed by atoms with Gasteiger partial charge in [-0.05, 0) is 48.9 Å². The third kappa shape index (κ3) is 4.77. The number of carboxylic acids is 1. The second-order valence-electron chi connectivity index (χ2n) is 4.87. The summed E-state index contributed by atoms with van der Waals surface area (Å²) in [5, 5.41) is 9.21. The molecule has 0 unspecified atom stereocenters. The minimum Gasteiger partial charge on any atom is -0.482 e. The molecule has 0 saturated heterocycles. The van der Waals surface area contributed by atoms with Crippen LogP contribution >= 0.6 is 23.2 Å². The number of halogens is 2. The highest BCUT2D eigenvalue weighted by Gasteiger charge is 2.16. The Morgan fingerprint density at radius 3 is 2.33 bits per heavy atom. The van der Waals surface area contributed by atoms with E-state index >= 15 is 0 Å². The van der Waals surface area contributed by atoms with Crippen molar-refractivity contribution in [2.24, 2.45) is 0 Å². The van der Waals surface area contributed by atoms with E-state index in [0.717, 1.165) is 0 Å². The Labute approximate surface area is 149 Å². The van der Waals surface area contributed by atoms with Gasteiger partial charge < -0.3 is 9.84 Å². The van der Waals surface area contributed by atoms with E-state index in [4.69, 9.17) is 33.0 Å². The van der Waals surface area contributed by atoms with E-state index in [1.807, 2.05) is 0 Å². The van der Waals surface area contributed by atoms with Crippen LogP contribution in [-0.4, -0.2) is 26.1 Å². The number of sulfonamides is 1. The van der Waals surface area contributed by atoms with Crippen molar-refractivity contribution in [3.63, 3.8) is 0 Å². The maximum Gasteiger partial charge on any atom is 0.341 e. The van der Waals surface area contributed by atoms with E-state index in [1.54, 1.807) is 6.92 Å². The first kappa shape index (κ1) is 18.4. The molecule has 0 heterocycles. The van der Waals surface area contributed by atoms with E-state index < -0.39 is 22.6 Å². The molecule has 6 nitrogen and oxygen atoms in total. The Hall–Kier alpha value is -1.96. The van der Waals surface area contributed by atoms with Crippen molar-refractivity contribution < 1.29 is 23.1 Å². The fraction of sp³-hybridized carbons (Fsp3) is 0.133. The van der Waals surface area contributed by atoms with Crippen LogP contribution < -0.4 is 9.46 Å². The molecule has 0 radical (unpaired) electrons. The summed E-state index contributed by atoms with van der Waals surface area (Å²) in [4.78, 5) is 10.5. The minimum absolute atomic E-state index is 0.00114. The Kier molecular flexibility index (Phi) is 5.58. The van der Waals surface area contributed by atoms with Gasteiger partial charge in [0.25, 0.3) is 10.0 Å². The lowest BCUT2D eigenvalue weighted by molar-refractivity contribution is -0.139. The maximum absolute atomic E-state index is 12.4. The first-order valence-electron chi connectivity index (χ1n) is 6.61. The van der Waals surface area contributed by atoms with E-state index in [0.29, 0.717) is 21.4 Å². The van der Waals surface area contributed by atoms with Crippen LogP contribution in [-0.2, 0) is 14.8 Å². The van der Waals surface area contributed by atoms with Gasteiger partial charge in [0.2, 0.25) is 0 Å². The number of aryl methyl sites for hydroxylation is 1. The third-order valence-corrected chi connectivity index (χ3v) is 4.74. The zero-order chi connectivity index (χ0) is 17.9. The topological polar surface area (TPSA) is 92.7 Å². The second-order valence-corrected chi connectivity index (χ2v) is 7.43. The molecule has 0 bridgehead atoms. The molecule has 9 heteroatoms. The average molecular weight is 390 g/mol. The van der Waals surface area contributed by atoms with Crippen LogP contribution in [0, 0.1) is 6.92 Å². The van der Waals surface area contributed by atoms with E-state index in [-0.39, 0.29) is 10.6 Å². The number of aliphatic carboxylic acids is 1. The SMILES string of the molecule is Cc1cc(S(=O)(=O)Nc2cc(Cl)cc(Cl)c2)ccc1OCC(=O)O. The lowest BCUT2D eigenvalue weighted by Gasteiger charge is -2.12. The number of hydrogen-bond donors (Lipinski definition) is 2. The van der Waals surface area contributed by atoms with Gasteiger partial charge in [0.15, 0.2) is 6.61 Å². The molecule has 24 heavy (non-hydrogen) atoms. The molecule has 2 rings (SSSR count). The summed E-state index contributed by atoms with van der Waals surface area (Å²) < 4.78 is 32.3. The van der Waals surface area contributed by atoms with E-state index in [1.165, 1.54) is 36.4 Å². The first-order chi connectivity index (χ1) is 11.2. The van der Waals surface area contributed by atoms with Gasteiger partial charge in [-0.25, -0.2) is 13.2 Å². The fourth-order valence-electron chi connectivity index (χ4n) is 1.92. The highest BCUT2D eigenvalue weighted by molar-refractivity contribution is 7.92. The van der Waals surface area contributed by atoms with Crippen molar-refractivity contribution >= 4 is 44.9 Å². The summed E-state index contributed by atoms with van der Waals surface area (Å²) in [5.74, 6) is -0.826. The third-order valence-electron chi connectivity index (χ3n) is 2.92. The molecule has 0 aliphatic rings. The number of carboxylic acid groups (broad SMARTS) is 1. The molecule has 0 fully saturated rings. The second kappa shape index (κ2) is 7.29. The molecule has 2 N–H and O–H groups in total. The van der Waals surface area contributed by atoms with E-state index in [2.05, 4.69) is 4.72 Å². The molecule has 0 spiro atoms. The monoisotopic (exact) mass is 389 g/mol. The standard InChI is InChI=1S/C15H13Cl2NO5S/c1-9-4-13(2-3-14(9)23-8-15(19)20)24(21,22)18-12-6-10(16)5-11(17)7-12/h2-7,18H,8H2,1H3,(H,19,20). The fourth-order valence-corrected chi connectivity index (χ4v) is 3.57. The molecule has 0 saturated carbocycles. The molecule has 2 aromatic rings. The molecule has 0 atom stereocenters. The summed E-state index contributed by atoms with van der Waals surface area (Å²) >= 11 is 11.7. The summed E-state index contributed by atoms with van der Waals surface area (Å²) in [7, 11) is -3.86. The summed E-state index contributed by atoms with van der Waals surface area (Å²) in [6.07, 6.45) is 0. The predicted molar refractivity (Wildman–Crippen MR) is 91.6 cm³/mol. The van der Waals surface area contributed by atoms with Crippen LogP contribution in [0.3, 0.4) is 0 Å². The minimum atomic E-state index is -3.86. The van der Waals surface area contributed by atoms with Crippen LogP contribution in [0.4, 0.5) is 5.69 Å². The Morgan fingerprint density at radius 1 is 1.17 bits per heavy atom. The smallest absolute Gasteiger partial charge is 0.341 e. The molecule has 0 aliphatic carbocycles. The van der Waals surface area contributed by atoms with Gasteiger partial charge in [-0.15, -0.1) is 0 Å². The Balaban J connectivity index is 2.25. The largest absolute Gasteiger partial charge is 0.482 e. The zero-order valence-electron chi connectivity index (χ0n) is 12.4. The Bertz CT molecular complexity index is 863. The van der Waals surface area contributed by atoms with Crippen molar-refractivity contribution in [3.05, 3.63) is 52.0 Å². The molecule has 2 aromatic carbocycles. The lowest BCUT2D eigenvalue weighted by atomic mass is 10.2. The number of benzene rings is 2. The Morgan fingerprint density at radius 2 is 1.79 bits per heavy atom. The zero-order valence-corrected chi connectivity index (χ0v) is 14.7. The van der Waals surface area contributed by atoms with Gasteiger partial charge in [-0.1, -0.05) is 23.2 Å². The number of nitrogens with one attached hydrogen (secondary N) is 1. The maximum atomic E-state index is 12.4. The predicted octanol–water partition coefficient (Wildman–Crippen LogP) is 3.57. The van der Waals surface area contributed by atoms with Crippen LogP contribution in [0.1, 0.15) is 5.56 Å². The normalized spacial score (nSPS) is 11.1. The van der Waals surface area contributed by atoms with Crippen molar-refractivity contribution in [1.29, 1.82) is 0 Å². The number of ether oxygens (including phenoxy) is 1. The van der Waals surface area contributed by atoms with Gasteiger partial charge in [0.05, 0.1) is 10.6 Å². The van der Waals surface area contributed by atoms with Crippen LogP contribution in [0.15, 0.2) is 41.3 Å². The summed E-state index contributed by atoms with van der Waals surface area (Å²) in [6, 6.07) is 8.45. The molecular weight excluding hydrogens is 377 g/mol. The van der Waals surface area contributed by atoms with Gasteiger partial charge >= 0.3 is 5.97 Å². The van der Waals surface area contributed by atoms with Crippen LogP contribution in [0.25, 0.3) is 0 Å². The van der Waals surface area contributed by atoms with Gasteiger partial charge in [0, 0.05) is 10.0 Å². The first-order valence-corrected chi connectivity index (χ1v) is 8.85. The van der Waals surface area contributed by atoms with Gasteiger partial charge in [-0.3, -0.25) is 4.72 Å². The number of carbonyl (C=O) groups is 1. The van der Waals surface area contributed by atoms with Gasteiger partial charge in [-0.2, -0.15) is 0 Å². The van der Waals surface area contributed by atoms with Crippen molar-refractivity contribution in [3.8, 4) is 5.75 Å². The van der Waals surface area contributed by atoms with Crippen molar-refractivity contribution in [2.75, 3.05) is 11.3 Å². The highest BCUT2D eigenvalue weighted by atomic mass is 35.5. The molecular formula is C15H13Cl2NO5S. The quantitative estimate of drug-likeness (QED) is 0.787. The lowest BCUT2D eigenvalue weighted by Crippen LogP contribution is -2.14. The molecule has 0 aromatic heterocycles. The summed E-state index contributed by atoms with van der Waals surface area (Å²) in [6.45, 7) is 1.11. The number of hydrogen-bond acceptors (Lipinski definition) is 4. The average Bonchev–Trinajstić information content (AvgIpc) is 2.44. The molecule has 0 aliphatic heterocycles. The van der Waals surface area contributed by atoms with E-state index in [9.17, 15) is 13.2 Å². The summed E-state index contributed by atoms with van der Waals surface area (Å²) in [5.41, 5.74) is 0.722. The molecule has 0 amide bonds. The highest BCUT2D eigenvalue weighted by Crippen LogP contribution is 2.26. The van der Waals surface area contributed by atoms with Crippen LogP contribution in [0.5, 0.6) is 5.75 Å². The van der Waals surface area contributed by atoms with Crippen molar-refractivity contribution in [1.82, 2.24) is 0 Å². The molecule has 128 valence electrons. The van der Waals surface area contributed by atoms with Crippen molar-refractivity contribution in [2.45, 2.75) is 11.8 Å². The number of anilines is 1.